The highest BCUT2D eigenvalue weighted by atomic mass is 16.5. The van der Waals surface area contributed by atoms with Gasteiger partial charge in [-0.15, -0.1) is 0 Å². The number of furan rings is 2. The van der Waals surface area contributed by atoms with Crippen LogP contribution in [0.2, 0.25) is 0 Å². The smallest absolute Gasteiger partial charge is 0.108 e. The average Bonchev–Trinajstić information content (AvgIpc) is 4.14. The van der Waals surface area contributed by atoms with Crippen molar-refractivity contribution in [2.75, 3.05) is 26.4 Å². The lowest BCUT2D eigenvalue weighted by Gasteiger charge is -2.33. The number of nitrogens with zero attached hydrogens (tertiary/aromatic N) is 4. The number of aliphatic hydroxyl groups is 2. The molecular formula is C64H68N4O6. The molecule has 0 amide bonds. The van der Waals surface area contributed by atoms with Crippen molar-refractivity contribution in [1.82, 2.24) is 19.1 Å². The number of rotatable bonds is 10. The van der Waals surface area contributed by atoms with Gasteiger partial charge in [0.2, 0.25) is 0 Å². The third-order valence-electron chi connectivity index (χ3n) is 15.9. The van der Waals surface area contributed by atoms with Crippen molar-refractivity contribution in [1.29, 1.82) is 0 Å². The Labute approximate surface area is 433 Å². The van der Waals surface area contributed by atoms with Crippen LogP contribution >= 0.6 is 0 Å². The molecule has 10 heteroatoms. The Morgan fingerprint density at radius 3 is 1.22 bits per heavy atom. The van der Waals surface area contributed by atoms with E-state index in [9.17, 15) is 10.2 Å². The maximum Gasteiger partial charge on any atom is 0.108 e. The first kappa shape index (κ1) is 49.4. The van der Waals surface area contributed by atoms with Gasteiger partial charge >= 0.3 is 0 Å². The Kier molecular flexibility index (Phi) is 13.2. The maximum atomic E-state index is 10.9. The van der Waals surface area contributed by atoms with E-state index < -0.39 is 11.2 Å². The molecular weight excluding hydrogens is 921 g/mol. The summed E-state index contributed by atoms with van der Waals surface area (Å²) in [6.45, 7) is 18.6. The van der Waals surface area contributed by atoms with E-state index in [0.717, 1.165) is 152 Å². The Morgan fingerprint density at radius 2 is 0.878 bits per heavy atom. The predicted molar refractivity (Wildman–Crippen MR) is 296 cm³/mol. The van der Waals surface area contributed by atoms with Crippen molar-refractivity contribution < 1.29 is 28.5 Å². The van der Waals surface area contributed by atoms with Crippen LogP contribution in [0.3, 0.4) is 0 Å². The first-order valence-corrected chi connectivity index (χ1v) is 26.3. The zero-order valence-corrected chi connectivity index (χ0v) is 44.0. The molecule has 2 aliphatic heterocycles. The maximum absolute atomic E-state index is 10.9. The van der Waals surface area contributed by atoms with Crippen molar-refractivity contribution >= 4 is 43.9 Å². The van der Waals surface area contributed by atoms with E-state index in [4.69, 9.17) is 28.3 Å². The minimum Gasteiger partial charge on any atom is -0.469 e. The van der Waals surface area contributed by atoms with E-state index in [0.29, 0.717) is 11.8 Å². The summed E-state index contributed by atoms with van der Waals surface area (Å²) in [5.74, 6) is 2.63. The highest BCUT2D eigenvalue weighted by Crippen LogP contribution is 2.45. The third-order valence-corrected chi connectivity index (χ3v) is 15.9. The zero-order valence-electron chi connectivity index (χ0n) is 44.0. The molecule has 2 aliphatic rings. The van der Waals surface area contributed by atoms with E-state index in [1.165, 1.54) is 11.1 Å². The van der Waals surface area contributed by atoms with Crippen molar-refractivity contribution in [3.05, 3.63) is 179 Å². The fourth-order valence-corrected chi connectivity index (χ4v) is 12.1. The molecule has 8 heterocycles. The van der Waals surface area contributed by atoms with Crippen LogP contribution in [-0.2, 0) is 20.7 Å². The normalized spacial score (nSPS) is 16.0. The van der Waals surface area contributed by atoms with Gasteiger partial charge in [-0.25, -0.2) is 0 Å². The quantitative estimate of drug-likeness (QED) is 0.139. The van der Waals surface area contributed by atoms with Crippen LogP contribution in [0.15, 0.2) is 143 Å². The Hall–Kier alpha value is -6.82. The lowest BCUT2D eigenvalue weighted by molar-refractivity contribution is 0.0551. The first-order chi connectivity index (χ1) is 35.7. The minimum absolute atomic E-state index is 0.116. The Balaban J connectivity index is 0.000000159. The van der Waals surface area contributed by atoms with Crippen molar-refractivity contribution in [2.24, 2.45) is 11.8 Å². The predicted octanol–water partition coefficient (Wildman–Crippen LogP) is 14.6. The van der Waals surface area contributed by atoms with E-state index in [-0.39, 0.29) is 12.1 Å². The van der Waals surface area contributed by atoms with Crippen LogP contribution in [0.5, 0.6) is 0 Å². The van der Waals surface area contributed by atoms with Crippen LogP contribution in [0.1, 0.15) is 110 Å². The van der Waals surface area contributed by atoms with Crippen molar-refractivity contribution in [3.63, 3.8) is 0 Å². The van der Waals surface area contributed by atoms with Gasteiger partial charge in [-0.1, -0.05) is 84.9 Å². The van der Waals surface area contributed by atoms with Gasteiger partial charge in [-0.2, -0.15) is 0 Å². The topological polar surface area (TPSA) is 121 Å². The number of aromatic nitrogens is 4. The summed E-state index contributed by atoms with van der Waals surface area (Å²) in [6, 6.07) is 39.0. The minimum atomic E-state index is -0.944. The summed E-state index contributed by atoms with van der Waals surface area (Å²) in [5.41, 5.74) is 15.3. The van der Waals surface area contributed by atoms with E-state index in [1.807, 2.05) is 78.6 Å². The van der Waals surface area contributed by atoms with Gasteiger partial charge in [-0.3, -0.25) is 9.97 Å². The fourth-order valence-electron chi connectivity index (χ4n) is 12.1. The molecule has 0 spiro atoms. The molecule has 10 aromatic rings. The number of aryl methyl sites for hydroxylation is 4. The molecule has 0 saturated carbocycles. The largest absolute Gasteiger partial charge is 0.469 e. The van der Waals surface area contributed by atoms with E-state index >= 15 is 0 Å². The SMILES string of the molecule is Cc1coc(C)c1-c1cnc2c3ccc(C(C)(C)O)cc3n(C(c3ccccc3)C3CCOCC3)c2c1.Cc1coc(C)c1-c1cnc2c3ccc(C(C)(C)O)cc3n(C(c3ccccc3)C3CCOCC3)c2c1. The Morgan fingerprint density at radius 1 is 0.500 bits per heavy atom. The Bertz CT molecular complexity index is 3330. The molecule has 0 radical (unpaired) electrons. The average molecular weight is 989 g/mol. The monoisotopic (exact) mass is 989 g/mol. The first-order valence-electron chi connectivity index (χ1n) is 26.3. The summed E-state index contributed by atoms with van der Waals surface area (Å²) >= 11 is 0. The van der Waals surface area contributed by atoms with Crippen molar-refractivity contribution in [2.45, 2.75) is 104 Å². The van der Waals surface area contributed by atoms with Gasteiger partial charge in [-0.05, 0) is 151 Å². The van der Waals surface area contributed by atoms with Crippen LogP contribution in [-0.4, -0.2) is 55.7 Å². The molecule has 10 nitrogen and oxygen atoms in total. The van der Waals surface area contributed by atoms with Gasteiger partial charge in [0.05, 0.1) is 68.9 Å². The second-order valence-corrected chi connectivity index (χ2v) is 21.8. The number of hydrogen-bond acceptors (Lipinski definition) is 8. The molecule has 2 saturated heterocycles. The summed E-state index contributed by atoms with van der Waals surface area (Å²) < 4.78 is 28.0. The summed E-state index contributed by atoms with van der Waals surface area (Å²) in [7, 11) is 0. The van der Waals surface area contributed by atoms with Crippen LogP contribution in [0.4, 0.5) is 0 Å². The molecule has 0 bridgehead atoms. The number of ether oxygens (including phenoxy) is 2. The van der Waals surface area contributed by atoms with Crippen LogP contribution in [0, 0.1) is 39.5 Å². The number of hydrogen-bond donors (Lipinski definition) is 2. The van der Waals surface area contributed by atoms with Gasteiger partial charge < -0.3 is 37.7 Å². The highest BCUT2D eigenvalue weighted by molar-refractivity contribution is 6.08. The second-order valence-electron chi connectivity index (χ2n) is 21.8. The lowest BCUT2D eigenvalue weighted by atomic mass is 9.86. The van der Waals surface area contributed by atoms with Gasteiger partial charge in [0.25, 0.3) is 0 Å². The molecule has 6 aromatic heterocycles. The lowest BCUT2D eigenvalue weighted by Crippen LogP contribution is -2.27. The summed E-state index contributed by atoms with van der Waals surface area (Å²) in [6.07, 6.45) is 11.6. The molecule has 2 fully saturated rings. The molecule has 74 heavy (non-hydrogen) atoms. The fraction of sp³-hybridized carbons (Fsp3) is 0.344. The van der Waals surface area contributed by atoms with Gasteiger partial charge in [0.15, 0.2) is 0 Å². The van der Waals surface area contributed by atoms with Crippen LogP contribution in [0.25, 0.3) is 66.1 Å². The molecule has 2 atom stereocenters. The number of pyridine rings is 2. The highest BCUT2D eigenvalue weighted by Gasteiger charge is 2.33. The molecule has 380 valence electrons. The summed E-state index contributed by atoms with van der Waals surface area (Å²) in [4.78, 5) is 10.1. The van der Waals surface area contributed by atoms with E-state index in [2.05, 4.69) is 120 Å². The van der Waals surface area contributed by atoms with Gasteiger partial charge in [0, 0.05) is 71.8 Å². The number of benzene rings is 4. The third kappa shape index (κ3) is 9.16. The standard InChI is InChI=1S/2C32H34N2O3/c2*1-20-19-37-21(2)29(20)24-16-28-30(33-18-24)26-11-10-25(32(3,4)35)17-27(26)34(28)31(22-8-6-5-7-9-22)23-12-14-36-15-13-23/h2*5-11,16-19,23,31,35H,12-15H2,1-4H3. The van der Waals surface area contributed by atoms with Crippen molar-refractivity contribution in [3.8, 4) is 22.3 Å². The van der Waals surface area contributed by atoms with Gasteiger partial charge in [0.1, 0.15) is 11.5 Å². The molecule has 0 aliphatic carbocycles. The molecule has 2 unspecified atom stereocenters. The second kappa shape index (κ2) is 19.8. The zero-order chi connectivity index (χ0) is 51.5. The molecule has 2 N–H and O–H groups in total. The summed E-state index contributed by atoms with van der Waals surface area (Å²) in [5, 5.41) is 24.0. The number of fused-ring (bicyclic) bond motifs is 6. The molecule has 12 rings (SSSR count). The van der Waals surface area contributed by atoms with Crippen LogP contribution < -0.4 is 0 Å². The molecule has 4 aromatic carbocycles. The van der Waals surface area contributed by atoms with E-state index in [1.54, 1.807) is 0 Å².